The van der Waals surface area contributed by atoms with Crippen molar-refractivity contribution in [2.45, 2.75) is 44.8 Å². The molecule has 1 saturated carbocycles. The highest BCUT2D eigenvalue weighted by molar-refractivity contribution is 7.09. The zero-order valence-electron chi connectivity index (χ0n) is 9.36. The molecule has 2 atom stereocenters. The summed E-state index contributed by atoms with van der Waals surface area (Å²) in [5.41, 5.74) is 6.15. The zero-order valence-corrected chi connectivity index (χ0v) is 10.2. The van der Waals surface area contributed by atoms with Crippen molar-refractivity contribution in [2.24, 2.45) is 5.73 Å². The van der Waals surface area contributed by atoms with Gasteiger partial charge in [0, 0.05) is 23.5 Å². The quantitative estimate of drug-likeness (QED) is 0.851. The van der Waals surface area contributed by atoms with Crippen LogP contribution in [-0.2, 0) is 6.54 Å². The maximum atomic E-state index is 6.15. The summed E-state index contributed by atoms with van der Waals surface area (Å²) in [7, 11) is 0. The van der Waals surface area contributed by atoms with Crippen LogP contribution in [0, 0.1) is 0 Å². The van der Waals surface area contributed by atoms with E-state index in [-0.39, 0.29) is 0 Å². The topological polar surface area (TPSA) is 29.3 Å². The minimum Gasteiger partial charge on any atom is -0.326 e. The van der Waals surface area contributed by atoms with Crippen molar-refractivity contribution < 1.29 is 0 Å². The summed E-state index contributed by atoms with van der Waals surface area (Å²) in [4.78, 5) is 3.99. The van der Waals surface area contributed by atoms with E-state index in [1.165, 1.54) is 24.1 Å². The molecule has 0 radical (unpaired) electrons. The average molecular weight is 224 g/mol. The lowest BCUT2D eigenvalue weighted by Crippen LogP contribution is -2.43. The highest BCUT2D eigenvalue weighted by atomic mass is 32.1. The van der Waals surface area contributed by atoms with Gasteiger partial charge in [0.25, 0.3) is 0 Å². The van der Waals surface area contributed by atoms with Gasteiger partial charge in [-0.15, -0.1) is 11.3 Å². The molecule has 0 amide bonds. The molecule has 0 aromatic carbocycles. The molecule has 84 valence electrons. The molecule has 1 aromatic heterocycles. The molecule has 2 rings (SSSR count). The maximum absolute atomic E-state index is 6.15. The first kappa shape index (κ1) is 11.1. The smallest absolute Gasteiger partial charge is 0.0331 e. The molecular weight excluding hydrogens is 204 g/mol. The SMILES string of the molecule is CCN(Cc1cccs1)C1CCCC1N. The first-order valence-corrected chi connectivity index (χ1v) is 6.71. The second-order valence-corrected chi connectivity index (χ2v) is 5.34. The van der Waals surface area contributed by atoms with Crippen LogP contribution in [0.2, 0.25) is 0 Å². The van der Waals surface area contributed by atoms with Crippen molar-refractivity contribution in [3.05, 3.63) is 22.4 Å². The summed E-state index contributed by atoms with van der Waals surface area (Å²) in [5, 5.41) is 2.15. The van der Waals surface area contributed by atoms with Crippen LogP contribution in [-0.4, -0.2) is 23.5 Å². The predicted octanol–water partition coefficient (Wildman–Crippen LogP) is 2.45. The van der Waals surface area contributed by atoms with E-state index in [9.17, 15) is 0 Å². The minimum absolute atomic E-state index is 0.393. The van der Waals surface area contributed by atoms with Gasteiger partial charge in [0.15, 0.2) is 0 Å². The maximum Gasteiger partial charge on any atom is 0.0331 e. The van der Waals surface area contributed by atoms with E-state index in [0.717, 1.165) is 13.1 Å². The van der Waals surface area contributed by atoms with Crippen LogP contribution >= 0.6 is 11.3 Å². The fraction of sp³-hybridized carbons (Fsp3) is 0.667. The normalized spacial score (nSPS) is 26.3. The van der Waals surface area contributed by atoms with Gasteiger partial charge in [-0.2, -0.15) is 0 Å². The van der Waals surface area contributed by atoms with E-state index < -0.39 is 0 Å². The Hall–Kier alpha value is -0.380. The van der Waals surface area contributed by atoms with Gasteiger partial charge < -0.3 is 5.73 Å². The Morgan fingerprint density at radius 1 is 1.53 bits per heavy atom. The molecule has 1 aromatic rings. The van der Waals surface area contributed by atoms with Crippen molar-refractivity contribution >= 4 is 11.3 Å². The lowest BCUT2D eigenvalue weighted by Gasteiger charge is -2.30. The van der Waals surface area contributed by atoms with Crippen molar-refractivity contribution in [1.82, 2.24) is 4.90 Å². The largest absolute Gasteiger partial charge is 0.326 e. The lowest BCUT2D eigenvalue weighted by molar-refractivity contribution is 0.187. The second kappa shape index (κ2) is 5.10. The number of likely N-dealkylation sites (N-methyl/N-ethyl adjacent to an activating group) is 1. The Morgan fingerprint density at radius 2 is 2.40 bits per heavy atom. The lowest BCUT2D eigenvalue weighted by atomic mass is 10.1. The third kappa shape index (κ3) is 2.60. The monoisotopic (exact) mass is 224 g/mol. The van der Waals surface area contributed by atoms with Crippen LogP contribution in [0.5, 0.6) is 0 Å². The summed E-state index contributed by atoms with van der Waals surface area (Å²) in [6.45, 7) is 4.42. The van der Waals surface area contributed by atoms with E-state index in [1.54, 1.807) is 0 Å². The molecule has 1 aliphatic rings. The van der Waals surface area contributed by atoms with Crippen molar-refractivity contribution in [3.8, 4) is 0 Å². The van der Waals surface area contributed by atoms with E-state index in [2.05, 4.69) is 29.3 Å². The predicted molar refractivity (Wildman–Crippen MR) is 66.0 cm³/mol. The fourth-order valence-electron chi connectivity index (χ4n) is 2.49. The molecule has 3 heteroatoms. The first-order valence-electron chi connectivity index (χ1n) is 5.83. The fourth-order valence-corrected chi connectivity index (χ4v) is 3.22. The highest BCUT2D eigenvalue weighted by Crippen LogP contribution is 2.24. The standard InChI is InChI=1S/C12H20N2S/c1-2-14(9-10-5-4-8-15-10)12-7-3-6-11(12)13/h4-5,8,11-12H,2-3,6-7,9,13H2,1H3. The summed E-state index contributed by atoms with van der Waals surface area (Å²) >= 11 is 1.84. The molecule has 2 nitrogen and oxygen atoms in total. The molecule has 0 spiro atoms. The Kier molecular flexibility index (Phi) is 3.78. The molecule has 0 saturated heterocycles. The summed E-state index contributed by atoms with van der Waals surface area (Å²) < 4.78 is 0. The van der Waals surface area contributed by atoms with Gasteiger partial charge in [-0.1, -0.05) is 19.4 Å². The number of hydrogen-bond acceptors (Lipinski definition) is 3. The Bertz CT molecular complexity index is 284. The van der Waals surface area contributed by atoms with Crippen LogP contribution in [0.4, 0.5) is 0 Å². The summed E-state index contributed by atoms with van der Waals surface area (Å²) in [6.07, 6.45) is 3.78. The third-order valence-corrected chi connectivity index (χ3v) is 4.21. The zero-order chi connectivity index (χ0) is 10.7. The minimum atomic E-state index is 0.393. The molecular formula is C12H20N2S. The summed E-state index contributed by atoms with van der Waals surface area (Å²) in [5.74, 6) is 0. The van der Waals surface area contributed by atoms with E-state index in [1.807, 2.05) is 11.3 Å². The Labute approximate surface area is 96.1 Å². The second-order valence-electron chi connectivity index (χ2n) is 4.30. The van der Waals surface area contributed by atoms with Crippen LogP contribution in [0.3, 0.4) is 0 Å². The molecule has 2 N–H and O–H groups in total. The van der Waals surface area contributed by atoms with E-state index in [4.69, 9.17) is 5.73 Å². The van der Waals surface area contributed by atoms with Gasteiger partial charge in [0.1, 0.15) is 0 Å². The summed E-state index contributed by atoms with van der Waals surface area (Å²) in [6, 6.07) is 5.35. The number of rotatable bonds is 4. The van der Waals surface area contributed by atoms with Gasteiger partial charge in [-0.25, -0.2) is 0 Å². The van der Waals surface area contributed by atoms with Crippen LogP contribution in [0.15, 0.2) is 17.5 Å². The first-order chi connectivity index (χ1) is 7.31. The van der Waals surface area contributed by atoms with Gasteiger partial charge >= 0.3 is 0 Å². The van der Waals surface area contributed by atoms with Crippen LogP contribution in [0.1, 0.15) is 31.1 Å². The van der Waals surface area contributed by atoms with E-state index >= 15 is 0 Å². The number of hydrogen-bond donors (Lipinski definition) is 1. The third-order valence-electron chi connectivity index (χ3n) is 3.35. The van der Waals surface area contributed by atoms with Crippen molar-refractivity contribution in [1.29, 1.82) is 0 Å². The Balaban J connectivity index is 1.97. The number of nitrogens with two attached hydrogens (primary N) is 1. The molecule has 0 bridgehead atoms. The number of thiophene rings is 1. The van der Waals surface area contributed by atoms with Crippen molar-refractivity contribution in [2.75, 3.05) is 6.54 Å². The van der Waals surface area contributed by atoms with Crippen LogP contribution < -0.4 is 5.73 Å². The average Bonchev–Trinajstić information content (AvgIpc) is 2.85. The van der Waals surface area contributed by atoms with Gasteiger partial charge in [0.2, 0.25) is 0 Å². The Morgan fingerprint density at radius 3 is 2.93 bits per heavy atom. The van der Waals surface area contributed by atoms with E-state index in [0.29, 0.717) is 12.1 Å². The molecule has 1 fully saturated rings. The van der Waals surface area contributed by atoms with Crippen LogP contribution in [0.25, 0.3) is 0 Å². The molecule has 0 aliphatic heterocycles. The van der Waals surface area contributed by atoms with Crippen molar-refractivity contribution in [3.63, 3.8) is 0 Å². The van der Waals surface area contributed by atoms with Gasteiger partial charge in [-0.05, 0) is 30.8 Å². The number of nitrogens with zero attached hydrogens (tertiary/aromatic N) is 1. The highest BCUT2D eigenvalue weighted by Gasteiger charge is 2.28. The molecule has 2 unspecified atom stereocenters. The molecule has 1 aliphatic carbocycles. The molecule has 1 heterocycles. The van der Waals surface area contributed by atoms with Gasteiger partial charge in [-0.3, -0.25) is 4.90 Å². The molecule has 15 heavy (non-hydrogen) atoms. The van der Waals surface area contributed by atoms with Gasteiger partial charge in [0.05, 0.1) is 0 Å².